The van der Waals surface area contributed by atoms with Gasteiger partial charge in [-0.1, -0.05) is 26.0 Å². The maximum absolute atomic E-state index is 13.4. The van der Waals surface area contributed by atoms with Crippen molar-refractivity contribution in [1.82, 2.24) is 14.5 Å². The minimum absolute atomic E-state index is 0.0304. The van der Waals surface area contributed by atoms with Crippen LogP contribution in [0.4, 0.5) is 11.5 Å². The Hall–Kier alpha value is -2.91. The van der Waals surface area contributed by atoms with Gasteiger partial charge in [0.05, 0.1) is 6.61 Å². The first-order chi connectivity index (χ1) is 15.2. The van der Waals surface area contributed by atoms with Crippen LogP contribution in [0.5, 0.6) is 0 Å². The summed E-state index contributed by atoms with van der Waals surface area (Å²) in [5.41, 5.74) is 6.37. The summed E-state index contributed by atoms with van der Waals surface area (Å²) in [6.07, 6.45) is 0.647. The summed E-state index contributed by atoms with van der Waals surface area (Å²) in [5.74, 6) is -0.416. The van der Waals surface area contributed by atoms with Crippen LogP contribution in [0.2, 0.25) is 0 Å². The van der Waals surface area contributed by atoms with Gasteiger partial charge in [-0.15, -0.1) is 0 Å². The molecular weight excluding hydrogens is 410 g/mol. The van der Waals surface area contributed by atoms with Crippen LogP contribution in [0.15, 0.2) is 33.9 Å². The largest absolute Gasteiger partial charge is 0.383 e. The van der Waals surface area contributed by atoms with Gasteiger partial charge < -0.3 is 10.5 Å². The number of aromatic amines is 1. The molecule has 0 saturated carbocycles. The van der Waals surface area contributed by atoms with Gasteiger partial charge in [0.25, 0.3) is 11.5 Å². The topological polar surface area (TPSA) is 114 Å². The lowest BCUT2D eigenvalue weighted by atomic mass is 10.1. The molecule has 1 aromatic heterocycles. The Morgan fingerprint density at radius 3 is 2.38 bits per heavy atom. The molecule has 176 valence electrons. The highest BCUT2D eigenvalue weighted by molar-refractivity contribution is 6.07. The lowest BCUT2D eigenvalue weighted by Crippen LogP contribution is -2.42. The third-order valence-electron chi connectivity index (χ3n) is 5.42. The number of hydrogen-bond acceptors (Lipinski definition) is 6. The summed E-state index contributed by atoms with van der Waals surface area (Å²) in [6.45, 7) is 10.7. The average molecular weight is 446 g/mol. The number of methoxy groups -OCH3 is 1. The van der Waals surface area contributed by atoms with Crippen LogP contribution in [0.3, 0.4) is 0 Å². The number of rotatable bonds is 11. The summed E-state index contributed by atoms with van der Waals surface area (Å²) >= 11 is 0. The van der Waals surface area contributed by atoms with Gasteiger partial charge in [0.1, 0.15) is 5.82 Å². The number of carbonyl (C=O) groups excluding carboxylic acids is 1. The van der Waals surface area contributed by atoms with Crippen molar-refractivity contribution in [3.05, 3.63) is 56.2 Å². The van der Waals surface area contributed by atoms with Crippen LogP contribution in [-0.4, -0.2) is 53.2 Å². The van der Waals surface area contributed by atoms with Crippen molar-refractivity contribution >= 4 is 17.4 Å². The maximum Gasteiger partial charge on any atom is 0.330 e. The molecule has 0 bridgehead atoms. The van der Waals surface area contributed by atoms with E-state index in [1.54, 1.807) is 12.1 Å². The van der Waals surface area contributed by atoms with Gasteiger partial charge in [0.15, 0.2) is 5.69 Å². The Morgan fingerprint density at radius 1 is 1.19 bits per heavy atom. The van der Waals surface area contributed by atoms with Crippen LogP contribution in [0.25, 0.3) is 0 Å². The summed E-state index contributed by atoms with van der Waals surface area (Å²) in [5, 5.41) is 0. The number of nitrogens with one attached hydrogen (secondary N) is 1. The maximum atomic E-state index is 13.4. The fourth-order valence-corrected chi connectivity index (χ4v) is 3.58. The van der Waals surface area contributed by atoms with Gasteiger partial charge in [-0.2, -0.15) is 0 Å². The average Bonchev–Trinajstić information content (AvgIpc) is 2.76. The monoisotopic (exact) mass is 445 g/mol. The molecule has 0 fully saturated rings. The van der Waals surface area contributed by atoms with Crippen molar-refractivity contribution in [3.63, 3.8) is 0 Å². The summed E-state index contributed by atoms with van der Waals surface area (Å²) in [6, 6.07) is 7.74. The molecule has 0 aliphatic heterocycles. The zero-order valence-electron chi connectivity index (χ0n) is 19.7. The number of nitrogens with zero attached hydrogens (tertiary/aromatic N) is 3. The van der Waals surface area contributed by atoms with Gasteiger partial charge >= 0.3 is 5.69 Å². The van der Waals surface area contributed by atoms with Crippen molar-refractivity contribution in [3.8, 4) is 0 Å². The quantitative estimate of drug-likeness (QED) is 0.547. The summed E-state index contributed by atoms with van der Waals surface area (Å²) < 4.78 is 6.41. The Bertz CT molecular complexity index is 1010. The highest BCUT2D eigenvalue weighted by atomic mass is 16.5. The number of benzene rings is 1. The molecule has 2 rings (SSSR count). The first kappa shape index (κ1) is 25.4. The highest BCUT2D eigenvalue weighted by Crippen LogP contribution is 2.20. The van der Waals surface area contributed by atoms with E-state index in [4.69, 9.17) is 10.5 Å². The van der Waals surface area contributed by atoms with Crippen molar-refractivity contribution in [1.29, 1.82) is 0 Å². The molecule has 1 amide bonds. The molecule has 0 saturated heterocycles. The van der Waals surface area contributed by atoms with E-state index in [0.29, 0.717) is 24.6 Å². The Morgan fingerprint density at radius 2 is 1.84 bits per heavy atom. The minimum atomic E-state index is -0.698. The smallest absolute Gasteiger partial charge is 0.330 e. The van der Waals surface area contributed by atoms with E-state index in [1.807, 2.05) is 19.1 Å². The second-order valence-electron chi connectivity index (χ2n) is 7.95. The van der Waals surface area contributed by atoms with E-state index in [-0.39, 0.29) is 30.6 Å². The van der Waals surface area contributed by atoms with Crippen LogP contribution in [0.1, 0.15) is 50.0 Å². The fourth-order valence-electron chi connectivity index (χ4n) is 3.58. The van der Waals surface area contributed by atoms with Crippen molar-refractivity contribution in [2.75, 3.05) is 37.4 Å². The Balaban J connectivity index is 2.42. The molecule has 0 unspecified atom stereocenters. The molecule has 0 aliphatic carbocycles. The van der Waals surface area contributed by atoms with Crippen molar-refractivity contribution < 1.29 is 9.53 Å². The van der Waals surface area contributed by atoms with Crippen LogP contribution >= 0.6 is 0 Å². The van der Waals surface area contributed by atoms with Crippen molar-refractivity contribution in [2.45, 2.75) is 53.2 Å². The minimum Gasteiger partial charge on any atom is -0.383 e. The zero-order valence-corrected chi connectivity index (χ0v) is 19.7. The molecule has 3 N–H and O–H groups in total. The van der Waals surface area contributed by atoms with E-state index < -0.39 is 11.2 Å². The standard InChI is InChI=1S/C23H35N5O4/c1-6-12-28-20(24)19(21(29)25-23(28)31)27(13-14-32-5)22(30)18-10-8-17(9-11-18)15-26(7-2)16(3)4/h8-11,16H,6-7,12-15,24H2,1-5H3,(H,25,29,31). The van der Waals surface area contributed by atoms with Crippen LogP contribution < -0.4 is 21.9 Å². The van der Waals surface area contributed by atoms with E-state index in [0.717, 1.165) is 18.7 Å². The molecule has 9 heteroatoms. The highest BCUT2D eigenvalue weighted by Gasteiger charge is 2.25. The molecule has 9 nitrogen and oxygen atoms in total. The number of nitrogen functional groups attached to an aromatic ring is 1. The van der Waals surface area contributed by atoms with E-state index in [2.05, 4.69) is 30.7 Å². The summed E-state index contributed by atoms with van der Waals surface area (Å²) in [7, 11) is 1.51. The number of amides is 1. The molecule has 1 heterocycles. The SMILES string of the molecule is CCCn1c(N)c(N(CCOC)C(=O)c2ccc(CN(CC)C(C)C)cc2)c(=O)[nH]c1=O. The lowest BCUT2D eigenvalue weighted by Gasteiger charge is -2.25. The molecule has 0 spiro atoms. The van der Waals surface area contributed by atoms with Gasteiger partial charge in [0, 0.05) is 38.3 Å². The number of nitrogens with two attached hydrogens (primary N) is 1. The number of aromatic nitrogens is 2. The number of carbonyl (C=O) groups is 1. The van der Waals surface area contributed by atoms with Gasteiger partial charge in [-0.05, 0) is 44.5 Å². The van der Waals surface area contributed by atoms with Gasteiger partial charge in [-0.25, -0.2) is 4.79 Å². The van der Waals surface area contributed by atoms with Gasteiger partial charge in [0.2, 0.25) is 0 Å². The Kier molecular flexibility index (Phi) is 9.22. The van der Waals surface area contributed by atoms with Crippen molar-refractivity contribution in [2.24, 2.45) is 0 Å². The number of ether oxygens (including phenoxy) is 1. The summed E-state index contributed by atoms with van der Waals surface area (Å²) in [4.78, 5) is 44.1. The molecule has 2 aromatic rings. The fraction of sp³-hybridized carbons (Fsp3) is 0.522. The third kappa shape index (κ3) is 5.86. The predicted molar refractivity (Wildman–Crippen MR) is 127 cm³/mol. The zero-order chi connectivity index (χ0) is 23.8. The third-order valence-corrected chi connectivity index (χ3v) is 5.42. The first-order valence-electron chi connectivity index (χ1n) is 11.0. The lowest BCUT2D eigenvalue weighted by molar-refractivity contribution is 0.0975. The number of anilines is 2. The number of hydrogen-bond donors (Lipinski definition) is 2. The number of H-pyrrole nitrogens is 1. The molecular formula is C23H35N5O4. The molecule has 1 aromatic carbocycles. The second-order valence-corrected chi connectivity index (χ2v) is 7.95. The van der Waals surface area contributed by atoms with Crippen LogP contribution in [0, 0.1) is 0 Å². The van der Waals surface area contributed by atoms with E-state index in [9.17, 15) is 14.4 Å². The predicted octanol–water partition coefficient (Wildman–Crippen LogP) is 2.05. The van der Waals surface area contributed by atoms with Crippen LogP contribution in [-0.2, 0) is 17.8 Å². The van der Waals surface area contributed by atoms with E-state index >= 15 is 0 Å². The second kappa shape index (κ2) is 11.6. The normalized spacial score (nSPS) is 11.3. The molecule has 0 aliphatic rings. The molecule has 0 atom stereocenters. The first-order valence-corrected chi connectivity index (χ1v) is 11.0. The van der Waals surface area contributed by atoms with E-state index in [1.165, 1.54) is 16.6 Å². The van der Waals surface area contributed by atoms with Gasteiger partial charge in [-0.3, -0.25) is 28.9 Å². The molecule has 0 radical (unpaired) electrons. The Labute approximate surface area is 188 Å². The molecule has 32 heavy (non-hydrogen) atoms.